The van der Waals surface area contributed by atoms with Crippen molar-refractivity contribution in [2.24, 2.45) is 11.3 Å². The minimum atomic E-state index is 0.452. The second kappa shape index (κ2) is 2.98. The molecule has 0 fully saturated rings. The number of rotatable bonds is 2. The number of hydrogen-bond acceptors (Lipinski definition) is 1. The first-order chi connectivity index (χ1) is 5.08. The van der Waals surface area contributed by atoms with Gasteiger partial charge in [0.05, 0.1) is 6.61 Å². The van der Waals surface area contributed by atoms with Crippen LogP contribution in [-0.4, -0.2) is 13.7 Å². The van der Waals surface area contributed by atoms with E-state index >= 15 is 0 Å². The zero-order valence-corrected chi connectivity index (χ0v) is 7.98. The van der Waals surface area contributed by atoms with E-state index in [-0.39, 0.29) is 0 Å². The predicted molar refractivity (Wildman–Crippen MR) is 47.5 cm³/mol. The molecule has 1 aliphatic carbocycles. The molecule has 0 amide bonds. The van der Waals surface area contributed by atoms with Crippen LogP contribution in [0.2, 0.25) is 0 Å². The molecule has 0 saturated heterocycles. The van der Waals surface area contributed by atoms with Gasteiger partial charge in [0.1, 0.15) is 0 Å². The molecule has 0 N–H and O–H groups in total. The Balaban J connectivity index is 2.59. The highest BCUT2D eigenvalue weighted by atomic mass is 16.5. The van der Waals surface area contributed by atoms with Crippen LogP contribution in [0.4, 0.5) is 0 Å². The van der Waals surface area contributed by atoms with Crippen molar-refractivity contribution in [1.82, 2.24) is 0 Å². The van der Waals surface area contributed by atoms with E-state index in [9.17, 15) is 0 Å². The SMILES string of the molecule is COCC1=CCC(C)(C)C1C. The summed E-state index contributed by atoms with van der Waals surface area (Å²) in [5.74, 6) is 0.683. The lowest BCUT2D eigenvalue weighted by atomic mass is 9.80. The third-order valence-corrected chi connectivity index (χ3v) is 2.93. The quantitative estimate of drug-likeness (QED) is 0.555. The van der Waals surface area contributed by atoms with Gasteiger partial charge in [-0.1, -0.05) is 26.8 Å². The van der Waals surface area contributed by atoms with Gasteiger partial charge in [-0.3, -0.25) is 0 Å². The van der Waals surface area contributed by atoms with Crippen LogP contribution < -0.4 is 0 Å². The molecule has 1 atom stereocenters. The summed E-state index contributed by atoms with van der Waals surface area (Å²) < 4.78 is 5.12. The Kier molecular flexibility index (Phi) is 2.38. The monoisotopic (exact) mass is 154 g/mol. The summed E-state index contributed by atoms with van der Waals surface area (Å²) in [6, 6.07) is 0. The van der Waals surface area contributed by atoms with Gasteiger partial charge < -0.3 is 4.74 Å². The molecule has 0 aromatic rings. The van der Waals surface area contributed by atoms with E-state index in [0.717, 1.165) is 6.61 Å². The summed E-state index contributed by atoms with van der Waals surface area (Å²) in [7, 11) is 1.76. The first-order valence-electron chi connectivity index (χ1n) is 4.26. The molecule has 0 aromatic carbocycles. The Morgan fingerprint density at radius 2 is 2.27 bits per heavy atom. The molecule has 1 unspecified atom stereocenters. The van der Waals surface area contributed by atoms with Gasteiger partial charge in [0.15, 0.2) is 0 Å². The summed E-state index contributed by atoms with van der Waals surface area (Å²) in [6.07, 6.45) is 3.53. The molecule has 1 heteroatoms. The highest BCUT2D eigenvalue weighted by Gasteiger charge is 2.32. The predicted octanol–water partition coefficient (Wildman–Crippen LogP) is 2.63. The fraction of sp³-hybridized carbons (Fsp3) is 0.800. The second-order valence-corrected chi connectivity index (χ2v) is 4.13. The van der Waals surface area contributed by atoms with E-state index in [2.05, 4.69) is 26.8 Å². The van der Waals surface area contributed by atoms with E-state index in [1.165, 1.54) is 12.0 Å². The minimum absolute atomic E-state index is 0.452. The topological polar surface area (TPSA) is 9.23 Å². The summed E-state index contributed by atoms with van der Waals surface area (Å²) in [5.41, 5.74) is 1.92. The highest BCUT2D eigenvalue weighted by Crippen LogP contribution is 2.41. The van der Waals surface area contributed by atoms with E-state index in [1.807, 2.05) is 0 Å². The molecule has 64 valence electrons. The Hall–Kier alpha value is -0.300. The Morgan fingerprint density at radius 1 is 1.64 bits per heavy atom. The average molecular weight is 154 g/mol. The van der Waals surface area contributed by atoms with E-state index in [1.54, 1.807) is 7.11 Å². The lowest BCUT2D eigenvalue weighted by molar-refractivity contribution is 0.202. The van der Waals surface area contributed by atoms with Crippen LogP contribution in [0.15, 0.2) is 11.6 Å². The van der Waals surface area contributed by atoms with Crippen LogP contribution in [0.1, 0.15) is 27.2 Å². The van der Waals surface area contributed by atoms with Gasteiger partial charge in [-0.15, -0.1) is 0 Å². The van der Waals surface area contributed by atoms with Crippen LogP contribution in [0.25, 0.3) is 0 Å². The van der Waals surface area contributed by atoms with Gasteiger partial charge in [0.25, 0.3) is 0 Å². The molecule has 11 heavy (non-hydrogen) atoms. The lowest BCUT2D eigenvalue weighted by Crippen LogP contribution is -2.18. The molecule has 1 nitrogen and oxygen atoms in total. The van der Waals surface area contributed by atoms with Crippen molar-refractivity contribution < 1.29 is 4.74 Å². The molecule has 0 radical (unpaired) electrons. The summed E-state index contributed by atoms with van der Waals surface area (Å²) in [6.45, 7) is 7.73. The van der Waals surface area contributed by atoms with Gasteiger partial charge in [-0.2, -0.15) is 0 Å². The summed E-state index contributed by atoms with van der Waals surface area (Å²) in [4.78, 5) is 0. The first-order valence-corrected chi connectivity index (χ1v) is 4.26. The molecule has 1 aliphatic rings. The van der Waals surface area contributed by atoms with Crippen LogP contribution in [-0.2, 0) is 4.74 Å². The Morgan fingerprint density at radius 3 is 2.64 bits per heavy atom. The van der Waals surface area contributed by atoms with Gasteiger partial charge in [-0.05, 0) is 23.3 Å². The van der Waals surface area contributed by atoms with Crippen molar-refractivity contribution in [3.8, 4) is 0 Å². The van der Waals surface area contributed by atoms with Crippen molar-refractivity contribution in [2.45, 2.75) is 27.2 Å². The molecular weight excluding hydrogens is 136 g/mol. The Labute approximate surface area is 69.4 Å². The Bertz CT molecular complexity index is 168. The maximum Gasteiger partial charge on any atom is 0.0675 e. The molecule has 0 spiro atoms. The van der Waals surface area contributed by atoms with Crippen LogP contribution in [0.3, 0.4) is 0 Å². The lowest BCUT2D eigenvalue weighted by Gasteiger charge is -2.25. The third-order valence-electron chi connectivity index (χ3n) is 2.93. The molecule has 0 heterocycles. The number of ether oxygens (including phenoxy) is 1. The molecule has 1 rings (SSSR count). The van der Waals surface area contributed by atoms with E-state index < -0.39 is 0 Å². The molecule has 0 bridgehead atoms. The van der Waals surface area contributed by atoms with Gasteiger partial charge in [0, 0.05) is 7.11 Å². The second-order valence-electron chi connectivity index (χ2n) is 4.13. The van der Waals surface area contributed by atoms with Crippen molar-refractivity contribution in [3.63, 3.8) is 0 Å². The van der Waals surface area contributed by atoms with Gasteiger partial charge in [-0.25, -0.2) is 0 Å². The fourth-order valence-electron chi connectivity index (χ4n) is 1.60. The number of allylic oxidation sites excluding steroid dienone is 1. The van der Waals surface area contributed by atoms with Gasteiger partial charge in [0.2, 0.25) is 0 Å². The summed E-state index contributed by atoms with van der Waals surface area (Å²) in [5, 5.41) is 0. The largest absolute Gasteiger partial charge is 0.380 e. The standard InChI is InChI=1S/C10H18O/c1-8-9(7-11-4)5-6-10(8,2)3/h5,8H,6-7H2,1-4H3. The maximum absolute atomic E-state index is 5.12. The minimum Gasteiger partial charge on any atom is -0.380 e. The zero-order valence-electron chi connectivity index (χ0n) is 7.98. The maximum atomic E-state index is 5.12. The van der Waals surface area contributed by atoms with Crippen LogP contribution >= 0.6 is 0 Å². The number of hydrogen-bond donors (Lipinski definition) is 0. The van der Waals surface area contributed by atoms with Crippen LogP contribution in [0.5, 0.6) is 0 Å². The molecule has 0 aliphatic heterocycles. The normalized spacial score (nSPS) is 28.7. The fourth-order valence-corrected chi connectivity index (χ4v) is 1.60. The van der Waals surface area contributed by atoms with E-state index in [4.69, 9.17) is 4.74 Å². The van der Waals surface area contributed by atoms with Crippen molar-refractivity contribution in [3.05, 3.63) is 11.6 Å². The zero-order chi connectivity index (χ0) is 8.48. The molecule has 0 aromatic heterocycles. The molecular formula is C10H18O. The van der Waals surface area contributed by atoms with Crippen molar-refractivity contribution >= 4 is 0 Å². The average Bonchev–Trinajstić information content (AvgIpc) is 2.17. The molecule has 0 saturated carbocycles. The summed E-state index contributed by atoms with van der Waals surface area (Å²) >= 11 is 0. The smallest absolute Gasteiger partial charge is 0.0675 e. The van der Waals surface area contributed by atoms with Crippen LogP contribution in [0, 0.1) is 11.3 Å². The van der Waals surface area contributed by atoms with Gasteiger partial charge >= 0.3 is 0 Å². The van der Waals surface area contributed by atoms with E-state index in [0.29, 0.717) is 11.3 Å². The first kappa shape index (κ1) is 8.79. The highest BCUT2D eigenvalue weighted by molar-refractivity contribution is 5.17. The van der Waals surface area contributed by atoms with Crippen molar-refractivity contribution in [2.75, 3.05) is 13.7 Å². The number of methoxy groups -OCH3 is 1. The van der Waals surface area contributed by atoms with Crippen molar-refractivity contribution in [1.29, 1.82) is 0 Å². The third kappa shape index (κ3) is 1.64.